The zero-order valence-corrected chi connectivity index (χ0v) is 28.5. The first-order valence-corrected chi connectivity index (χ1v) is 16.0. The molecule has 0 saturated carbocycles. The number of carbonyl (C=O) groups is 1. The van der Waals surface area contributed by atoms with Gasteiger partial charge in [0, 0.05) is 38.0 Å². The maximum absolute atomic E-state index is 11.1. The Morgan fingerprint density at radius 2 is 1.73 bits per heavy atom. The molecule has 3 rings (SSSR count). The number of Topliss-reactive ketones (excluding diaryl/α,β-unsaturated/α-hetero) is 1. The Labute approximate surface area is 251 Å². The summed E-state index contributed by atoms with van der Waals surface area (Å²) < 4.78 is 0. The molecule has 0 fully saturated rings. The van der Waals surface area contributed by atoms with Crippen LogP contribution in [0.4, 0.5) is 0 Å². The number of fused-ring (bicyclic) bond motifs is 1. The Balaban J connectivity index is 0.000000635. The highest BCUT2D eigenvalue weighted by Crippen LogP contribution is 2.44. The van der Waals surface area contributed by atoms with Gasteiger partial charge >= 0.3 is 0 Å². The van der Waals surface area contributed by atoms with Gasteiger partial charge in [-0.3, -0.25) is 9.79 Å². The fraction of sp³-hybridized carbons (Fsp3) is 0.556. The van der Waals surface area contributed by atoms with E-state index in [1.807, 2.05) is 37.4 Å². The number of unbranched alkanes of at least 4 members (excludes halogenated alkanes) is 1. The lowest BCUT2D eigenvalue weighted by Crippen LogP contribution is -2.22. The van der Waals surface area contributed by atoms with Crippen molar-refractivity contribution in [3.05, 3.63) is 75.0 Å². The maximum atomic E-state index is 11.1. The quantitative estimate of drug-likeness (QED) is 0.138. The third kappa shape index (κ3) is 12.0. The van der Waals surface area contributed by atoms with Crippen LogP contribution in [0.15, 0.2) is 52.9 Å². The standard InChI is InChI=1S/C19H28.C10H14N2OS.C4H10.C3H6/c1-6-8-14(4)17(7-2)19-12-16-11-13(3)9-10-18(16)15(19)5;1-7(13)9-5-8(6-14-9)10(11-2)12(3)4;1-3-4-2;1-3-2/h9-12,14-15,17H,6-8H2,1-5H3;5-6H,1-4H3;3-4H2,1-2H3;3H,1H2,2H3. The highest BCUT2D eigenvalue weighted by Gasteiger charge is 2.29. The number of benzene rings is 1. The lowest BCUT2D eigenvalue weighted by atomic mass is 9.78. The van der Waals surface area contributed by atoms with Crippen LogP contribution in [0.2, 0.25) is 0 Å². The Morgan fingerprint density at radius 3 is 2.15 bits per heavy atom. The molecule has 0 amide bonds. The van der Waals surface area contributed by atoms with E-state index in [1.54, 1.807) is 25.6 Å². The Morgan fingerprint density at radius 1 is 1.12 bits per heavy atom. The predicted molar refractivity (Wildman–Crippen MR) is 182 cm³/mol. The largest absolute Gasteiger partial charge is 0.363 e. The zero-order chi connectivity index (χ0) is 30.8. The lowest BCUT2D eigenvalue weighted by molar-refractivity contribution is 0.102. The van der Waals surface area contributed by atoms with Gasteiger partial charge in [-0.05, 0) is 56.2 Å². The summed E-state index contributed by atoms with van der Waals surface area (Å²) in [5.74, 6) is 3.17. The highest BCUT2D eigenvalue weighted by molar-refractivity contribution is 7.12. The maximum Gasteiger partial charge on any atom is 0.169 e. The molecule has 0 bridgehead atoms. The zero-order valence-electron chi connectivity index (χ0n) is 27.7. The van der Waals surface area contributed by atoms with Gasteiger partial charge in [-0.1, -0.05) is 109 Å². The molecule has 224 valence electrons. The van der Waals surface area contributed by atoms with Crippen LogP contribution in [0.5, 0.6) is 0 Å². The van der Waals surface area contributed by atoms with Gasteiger partial charge in [-0.15, -0.1) is 17.9 Å². The molecular weight excluding hydrogens is 508 g/mol. The van der Waals surface area contributed by atoms with E-state index in [0.717, 1.165) is 28.1 Å². The molecule has 0 radical (unpaired) electrons. The van der Waals surface area contributed by atoms with E-state index in [0.29, 0.717) is 5.92 Å². The third-order valence-electron chi connectivity index (χ3n) is 7.17. The first kappa shape index (κ1) is 37.5. The van der Waals surface area contributed by atoms with Crippen molar-refractivity contribution in [1.29, 1.82) is 0 Å². The molecule has 3 unspecified atom stereocenters. The van der Waals surface area contributed by atoms with Crippen LogP contribution in [-0.2, 0) is 0 Å². The van der Waals surface area contributed by atoms with E-state index in [9.17, 15) is 4.79 Å². The second-order valence-corrected chi connectivity index (χ2v) is 11.8. The fourth-order valence-corrected chi connectivity index (χ4v) is 5.76. The molecule has 1 aromatic heterocycles. The predicted octanol–water partition coefficient (Wildman–Crippen LogP) is 10.8. The average molecular weight is 567 g/mol. The summed E-state index contributed by atoms with van der Waals surface area (Å²) in [5.41, 5.74) is 7.04. The van der Waals surface area contributed by atoms with E-state index >= 15 is 0 Å². The van der Waals surface area contributed by atoms with Crippen molar-refractivity contribution < 1.29 is 4.79 Å². The number of hydrogen-bond acceptors (Lipinski definition) is 3. The molecule has 0 spiro atoms. The van der Waals surface area contributed by atoms with Crippen molar-refractivity contribution in [3.8, 4) is 0 Å². The van der Waals surface area contributed by atoms with E-state index in [-0.39, 0.29) is 5.78 Å². The van der Waals surface area contributed by atoms with Crippen LogP contribution >= 0.6 is 11.3 Å². The Kier molecular flexibility index (Phi) is 19.2. The van der Waals surface area contributed by atoms with Gasteiger partial charge in [0.15, 0.2) is 5.78 Å². The molecular formula is C36H58N2OS. The smallest absolute Gasteiger partial charge is 0.169 e. The van der Waals surface area contributed by atoms with Crippen molar-refractivity contribution in [1.82, 2.24) is 4.90 Å². The van der Waals surface area contributed by atoms with E-state index < -0.39 is 0 Å². The topological polar surface area (TPSA) is 32.7 Å². The molecule has 2 aromatic rings. The van der Waals surface area contributed by atoms with Crippen LogP contribution in [-0.4, -0.2) is 37.7 Å². The van der Waals surface area contributed by atoms with Crippen LogP contribution in [0.3, 0.4) is 0 Å². The molecule has 40 heavy (non-hydrogen) atoms. The number of aliphatic imine (C=N–C) groups is 1. The van der Waals surface area contributed by atoms with Gasteiger partial charge in [-0.2, -0.15) is 0 Å². The summed E-state index contributed by atoms with van der Waals surface area (Å²) in [7, 11) is 5.63. The molecule has 3 atom stereocenters. The summed E-state index contributed by atoms with van der Waals surface area (Å²) in [6.45, 7) is 22.8. The van der Waals surface area contributed by atoms with E-state index in [1.165, 1.54) is 60.1 Å². The number of aryl methyl sites for hydroxylation is 1. The summed E-state index contributed by atoms with van der Waals surface area (Å²) in [4.78, 5) is 18.0. The molecule has 1 heterocycles. The molecule has 0 saturated heterocycles. The van der Waals surface area contributed by atoms with Crippen molar-refractivity contribution in [2.45, 2.75) is 100 Å². The molecule has 0 aliphatic heterocycles. The number of rotatable bonds is 8. The van der Waals surface area contributed by atoms with E-state index in [4.69, 9.17) is 0 Å². The van der Waals surface area contributed by atoms with Gasteiger partial charge < -0.3 is 4.90 Å². The number of nitrogens with zero attached hydrogens (tertiary/aromatic N) is 2. The van der Waals surface area contributed by atoms with Gasteiger partial charge in [0.1, 0.15) is 5.84 Å². The lowest BCUT2D eigenvalue weighted by Gasteiger charge is -2.27. The molecule has 1 aromatic carbocycles. The van der Waals surface area contributed by atoms with Gasteiger partial charge in [0.05, 0.1) is 4.88 Å². The highest BCUT2D eigenvalue weighted by atomic mass is 32.1. The first-order chi connectivity index (χ1) is 19.0. The number of carbonyl (C=O) groups excluding carboxylic acids is 1. The van der Waals surface area contributed by atoms with Gasteiger partial charge in [0.2, 0.25) is 0 Å². The number of ketones is 1. The monoisotopic (exact) mass is 566 g/mol. The first-order valence-electron chi connectivity index (χ1n) is 15.1. The molecule has 3 nitrogen and oxygen atoms in total. The average Bonchev–Trinajstić information content (AvgIpc) is 3.51. The molecule has 4 heteroatoms. The number of amidine groups is 1. The fourth-order valence-electron chi connectivity index (χ4n) is 4.97. The number of allylic oxidation sites excluding steroid dienone is 2. The van der Waals surface area contributed by atoms with Crippen LogP contribution < -0.4 is 0 Å². The SMILES string of the molecule is C=CC.CCCC.CCCC(C)C(CC)C1=Cc2cc(C)ccc2C1C.CN=C(c1csc(C(C)=O)c1)N(C)C. The van der Waals surface area contributed by atoms with Crippen molar-refractivity contribution in [2.75, 3.05) is 21.1 Å². The second-order valence-electron chi connectivity index (χ2n) is 10.9. The Bertz CT molecular complexity index is 1070. The number of thiophene rings is 1. The second kappa shape index (κ2) is 20.4. The minimum atomic E-state index is 0.107. The van der Waals surface area contributed by atoms with E-state index in [2.05, 4.69) is 84.3 Å². The third-order valence-corrected chi connectivity index (χ3v) is 8.20. The summed E-state index contributed by atoms with van der Waals surface area (Å²) in [5, 5.41) is 1.96. The van der Waals surface area contributed by atoms with Crippen LogP contribution in [0, 0.1) is 18.8 Å². The van der Waals surface area contributed by atoms with Gasteiger partial charge in [-0.25, -0.2) is 0 Å². The van der Waals surface area contributed by atoms with Crippen LogP contribution in [0.1, 0.15) is 125 Å². The van der Waals surface area contributed by atoms with Crippen LogP contribution in [0.25, 0.3) is 6.08 Å². The van der Waals surface area contributed by atoms with Gasteiger partial charge in [0.25, 0.3) is 0 Å². The van der Waals surface area contributed by atoms with Crippen molar-refractivity contribution >= 4 is 29.0 Å². The summed E-state index contributed by atoms with van der Waals surface area (Å²) in [6.07, 6.45) is 10.8. The van der Waals surface area contributed by atoms with Crippen molar-refractivity contribution in [2.24, 2.45) is 16.8 Å². The molecule has 1 aliphatic carbocycles. The summed E-state index contributed by atoms with van der Waals surface area (Å²) >= 11 is 1.46. The molecule has 1 aliphatic rings. The summed E-state index contributed by atoms with van der Waals surface area (Å²) in [6, 6.07) is 8.81. The minimum Gasteiger partial charge on any atom is -0.363 e. The van der Waals surface area contributed by atoms with Crippen molar-refractivity contribution in [3.63, 3.8) is 0 Å². The number of hydrogen-bond donors (Lipinski definition) is 0. The normalized spacial score (nSPS) is 15.1. The molecule has 0 N–H and O–H groups in total. The Hall–Kier alpha value is -2.46. The minimum absolute atomic E-state index is 0.107.